The van der Waals surface area contributed by atoms with Gasteiger partial charge in [-0.15, -0.1) is 0 Å². The van der Waals surface area contributed by atoms with E-state index in [1.807, 2.05) is 97.1 Å². The van der Waals surface area contributed by atoms with Gasteiger partial charge in [-0.2, -0.15) is 0 Å². The van der Waals surface area contributed by atoms with E-state index in [2.05, 4.69) is 83.4 Å². The van der Waals surface area contributed by atoms with E-state index < -0.39 is 18.1 Å². The van der Waals surface area contributed by atoms with Crippen LogP contribution >= 0.6 is 0 Å². The number of hydrogen-bond acceptors (Lipinski definition) is 4. The first-order chi connectivity index (χ1) is 32.8. The van der Waals surface area contributed by atoms with Gasteiger partial charge in [0.05, 0.1) is 23.5 Å². The molecule has 9 aromatic carbocycles. The molecule has 0 saturated heterocycles. The van der Waals surface area contributed by atoms with Crippen molar-refractivity contribution in [3.63, 3.8) is 0 Å². The van der Waals surface area contributed by atoms with Gasteiger partial charge in [0.1, 0.15) is 11.2 Å². The van der Waals surface area contributed by atoms with E-state index in [1.165, 1.54) is 0 Å². The number of fused-ring (bicyclic) bond motifs is 6. The first-order valence-electron chi connectivity index (χ1n) is 22.9. The van der Waals surface area contributed by atoms with Crippen LogP contribution < -0.4 is 0 Å². The van der Waals surface area contributed by atoms with E-state index in [9.17, 15) is 0 Å². The first-order valence-corrected chi connectivity index (χ1v) is 20.4. The zero-order chi connectivity index (χ0) is 45.3. The van der Waals surface area contributed by atoms with Crippen molar-refractivity contribution in [3.05, 3.63) is 218 Å². The van der Waals surface area contributed by atoms with Crippen molar-refractivity contribution in [2.24, 2.45) is 0 Å². The first kappa shape index (κ1) is 30.6. The molecule has 0 atom stereocenters. The van der Waals surface area contributed by atoms with Crippen LogP contribution in [-0.2, 0) is 0 Å². The lowest BCUT2D eigenvalue weighted by molar-refractivity contribution is 0.669. The number of hydrogen-bond donors (Lipinski definition) is 0. The fourth-order valence-corrected chi connectivity index (χ4v) is 8.70. The average Bonchev–Trinajstić information content (AvgIpc) is 3.94. The Balaban J connectivity index is 1.19. The van der Waals surface area contributed by atoms with Crippen molar-refractivity contribution in [2.75, 3.05) is 0 Å². The molecule has 0 radical (unpaired) electrons. The van der Waals surface area contributed by atoms with Crippen molar-refractivity contribution in [1.29, 1.82) is 0 Å². The Morgan fingerprint density at radius 1 is 0.387 bits per heavy atom. The van der Waals surface area contributed by atoms with Crippen LogP contribution in [0.1, 0.15) is 6.85 Å². The Hall–Kier alpha value is -8.41. The summed E-state index contributed by atoms with van der Waals surface area (Å²) < 4.78 is 52.7. The summed E-state index contributed by atoms with van der Waals surface area (Å²) in [5.74, 6) is 1.30. The predicted octanol–water partition coefficient (Wildman–Crippen LogP) is 14.9. The highest BCUT2D eigenvalue weighted by Crippen LogP contribution is 2.43. The van der Waals surface area contributed by atoms with Crippen molar-refractivity contribution in [2.45, 2.75) is 0 Å². The monoisotopic (exact) mass is 797 g/mol. The average molecular weight is 798 g/mol. The Kier molecular flexibility index (Phi) is 7.25. The summed E-state index contributed by atoms with van der Waals surface area (Å²) in [4.78, 5) is 15.8. The summed E-state index contributed by atoms with van der Waals surface area (Å²) in [6.07, 6.45) is 0. The largest absolute Gasteiger partial charge is 0.455 e. The van der Waals surface area contributed by atoms with Gasteiger partial charge in [0, 0.05) is 38.4 Å². The van der Waals surface area contributed by atoms with Crippen LogP contribution in [0, 0.1) is 0 Å². The van der Waals surface area contributed by atoms with Crippen LogP contribution in [0.3, 0.4) is 0 Å². The van der Waals surface area contributed by atoms with Crippen molar-refractivity contribution in [3.8, 4) is 73.2 Å². The molecule has 3 heterocycles. The lowest BCUT2D eigenvalue weighted by Crippen LogP contribution is -2.02. The summed E-state index contributed by atoms with van der Waals surface area (Å²) in [7, 11) is 0. The quantitative estimate of drug-likeness (QED) is 0.161. The molecule has 0 N–H and O–H groups in total. The van der Waals surface area contributed by atoms with Crippen molar-refractivity contribution >= 4 is 43.7 Å². The number of benzene rings is 9. The second-order valence-corrected chi connectivity index (χ2v) is 15.2. The molecule has 0 amide bonds. The third-order valence-corrected chi connectivity index (χ3v) is 11.5. The Bertz CT molecular complexity index is 3790. The van der Waals surface area contributed by atoms with Crippen molar-refractivity contribution < 1.29 is 11.3 Å². The van der Waals surface area contributed by atoms with Gasteiger partial charge in [-0.05, 0) is 81.9 Å². The summed E-state index contributed by atoms with van der Waals surface area (Å²) in [6, 6.07) is 61.0. The lowest BCUT2D eigenvalue weighted by Gasteiger charge is -2.14. The summed E-state index contributed by atoms with van der Waals surface area (Å²) in [5.41, 5.74) is 10.5. The molecule has 0 bridgehead atoms. The van der Waals surface area contributed by atoms with Gasteiger partial charge in [0.25, 0.3) is 0 Å². The van der Waals surface area contributed by atoms with Gasteiger partial charge in [0.15, 0.2) is 17.5 Å². The molecule has 0 saturated carbocycles. The second kappa shape index (κ2) is 14.7. The van der Waals surface area contributed by atoms with Gasteiger partial charge in [-0.25, -0.2) is 15.0 Å². The molecule has 0 aliphatic rings. The van der Waals surface area contributed by atoms with Gasteiger partial charge >= 0.3 is 0 Å². The van der Waals surface area contributed by atoms with Crippen LogP contribution in [0.5, 0.6) is 0 Å². The Labute approximate surface area is 364 Å². The molecule has 62 heavy (non-hydrogen) atoms. The van der Waals surface area contributed by atoms with Gasteiger partial charge in [-0.1, -0.05) is 170 Å². The predicted molar refractivity (Wildman–Crippen MR) is 254 cm³/mol. The number of furan rings is 1. The molecule has 5 nitrogen and oxygen atoms in total. The number of nitrogens with zero attached hydrogens (tertiary/aromatic N) is 4. The molecule has 5 heteroatoms. The minimum absolute atomic E-state index is 0.0875. The highest BCUT2D eigenvalue weighted by molar-refractivity contribution is 6.16. The zero-order valence-corrected chi connectivity index (χ0v) is 33.1. The summed E-state index contributed by atoms with van der Waals surface area (Å²) >= 11 is 0. The van der Waals surface area contributed by atoms with E-state index in [0.29, 0.717) is 50.5 Å². The maximum absolute atomic E-state index is 9.04. The Morgan fingerprint density at radius 2 is 0.919 bits per heavy atom. The lowest BCUT2D eigenvalue weighted by atomic mass is 9.95. The van der Waals surface area contributed by atoms with Crippen LogP contribution in [0.2, 0.25) is 0 Å². The molecule has 290 valence electrons. The molecule has 12 rings (SSSR count). The minimum atomic E-state index is -0.455. The molecule has 0 fully saturated rings. The van der Waals surface area contributed by atoms with Gasteiger partial charge in [0.2, 0.25) is 0 Å². The maximum atomic E-state index is 9.04. The third kappa shape index (κ3) is 6.06. The van der Waals surface area contributed by atoms with Gasteiger partial charge in [-0.3, -0.25) is 0 Å². The van der Waals surface area contributed by atoms with E-state index in [4.69, 9.17) is 26.2 Å². The van der Waals surface area contributed by atoms with E-state index in [1.54, 1.807) is 12.1 Å². The molecule has 0 aliphatic heterocycles. The van der Waals surface area contributed by atoms with Gasteiger partial charge < -0.3 is 8.98 Å². The summed E-state index contributed by atoms with van der Waals surface area (Å²) in [5, 5.41) is 3.42. The Morgan fingerprint density at radius 3 is 1.55 bits per heavy atom. The standard InChI is InChI=1S/C57H36N4O/c1-5-18-37(19-6-1)41-32-42(38-20-7-2-8-21-38)34-43(33-41)56-58-55(40-24-11-4-12-25-40)59-57(60-56)49-36-44(61-50-29-15-13-26-46(50)47-27-14-16-30-51(47)61)35-48-53-45(39-22-9-3-10-23-39)28-17-31-52(53)62-54(48)49/h1-36H/i3D,9D,10D,22D,23D. The smallest absolute Gasteiger partial charge is 0.167 e. The number of rotatable bonds is 7. The van der Waals surface area contributed by atoms with Crippen LogP contribution in [-0.4, -0.2) is 19.5 Å². The number of para-hydroxylation sites is 2. The highest BCUT2D eigenvalue weighted by Gasteiger charge is 2.23. The molecule has 12 aromatic rings. The molecule has 0 aliphatic carbocycles. The SMILES string of the molecule is [2H]c1c([2H])c([2H])c(-c2cccc3oc4c(-c5nc(-c6ccccc6)nc(-c6cc(-c7ccccc7)cc(-c7ccccc7)c6)n5)cc(-n5c6ccccc6c6ccccc65)cc4c23)c([2H])c1[2H]. The molecule has 3 aromatic heterocycles. The van der Waals surface area contributed by atoms with Crippen LogP contribution in [0.15, 0.2) is 223 Å². The zero-order valence-electron chi connectivity index (χ0n) is 38.1. The van der Waals surface area contributed by atoms with E-state index >= 15 is 0 Å². The van der Waals surface area contributed by atoms with Crippen LogP contribution in [0.4, 0.5) is 0 Å². The second-order valence-electron chi connectivity index (χ2n) is 15.2. The topological polar surface area (TPSA) is 56.7 Å². The number of aromatic nitrogens is 4. The van der Waals surface area contributed by atoms with Crippen LogP contribution in [0.25, 0.3) is 117 Å². The molecular weight excluding hydrogens is 757 g/mol. The van der Waals surface area contributed by atoms with E-state index in [-0.39, 0.29) is 17.6 Å². The van der Waals surface area contributed by atoms with E-state index in [0.717, 1.165) is 60.9 Å². The summed E-state index contributed by atoms with van der Waals surface area (Å²) in [6.45, 7) is 0. The van der Waals surface area contributed by atoms with Crippen molar-refractivity contribution in [1.82, 2.24) is 19.5 Å². The highest BCUT2D eigenvalue weighted by atomic mass is 16.3. The fraction of sp³-hybridized carbons (Fsp3) is 0. The maximum Gasteiger partial charge on any atom is 0.167 e. The minimum Gasteiger partial charge on any atom is -0.455 e. The third-order valence-electron chi connectivity index (χ3n) is 11.5. The molecular formula is C57H36N4O. The molecule has 0 unspecified atom stereocenters. The fourth-order valence-electron chi connectivity index (χ4n) is 8.70. The normalized spacial score (nSPS) is 12.7. The molecule has 0 spiro atoms.